The van der Waals surface area contributed by atoms with E-state index in [1.165, 1.54) is 0 Å². The molecule has 0 saturated heterocycles. The number of hydrogen-bond acceptors (Lipinski definition) is 5. The number of aryl methyl sites for hydroxylation is 1. The van der Waals surface area contributed by atoms with E-state index >= 15 is 0 Å². The predicted molar refractivity (Wildman–Crippen MR) is 124 cm³/mol. The van der Waals surface area contributed by atoms with Crippen molar-refractivity contribution in [3.05, 3.63) is 71.4 Å². The zero-order valence-corrected chi connectivity index (χ0v) is 18.6. The van der Waals surface area contributed by atoms with Crippen LogP contribution < -0.4 is 14.8 Å². The van der Waals surface area contributed by atoms with Crippen LogP contribution in [0.3, 0.4) is 0 Å². The Kier molecular flexibility index (Phi) is 7.00. The summed E-state index contributed by atoms with van der Waals surface area (Å²) in [7, 11) is 1.64. The average Bonchev–Trinajstić information content (AvgIpc) is 3.06. The van der Waals surface area contributed by atoms with Gasteiger partial charge >= 0.3 is 0 Å². The third kappa shape index (κ3) is 5.07. The molecule has 0 bridgehead atoms. The Hall–Kier alpha value is -3.41. The molecule has 0 fully saturated rings. The van der Waals surface area contributed by atoms with E-state index in [0.29, 0.717) is 24.9 Å². The van der Waals surface area contributed by atoms with Gasteiger partial charge in [-0.25, -0.2) is 4.98 Å². The Labute approximate surface area is 189 Å². The van der Waals surface area contributed by atoms with Crippen LogP contribution in [0.25, 0.3) is 11.4 Å². The van der Waals surface area contributed by atoms with Crippen LogP contribution in [0, 0.1) is 5.92 Å². The zero-order chi connectivity index (χ0) is 22.3. The van der Waals surface area contributed by atoms with Crippen LogP contribution >= 0.6 is 0 Å². The Morgan fingerprint density at radius 2 is 1.88 bits per heavy atom. The third-order valence-corrected chi connectivity index (χ3v) is 5.80. The van der Waals surface area contributed by atoms with Crippen LogP contribution in [-0.4, -0.2) is 29.6 Å². The maximum Gasteiger partial charge on any atom is 0.223 e. The largest absolute Gasteiger partial charge is 0.494 e. The molecule has 166 valence electrons. The maximum atomic E-state index is 12.9. The van der Waals surface area contributed by atoms with E-state index in [1.807, 2.05) is 61.5 Å². The predicted octanol–water partition coefficient (Wildman–Crippen LogP) is 4.36. The molecule has 0 radical (unpaired) electrons. The van der Waals surface area contributed by atoms with E-state index in [1.54, 1.807) is 7.11 Å². The number of carbonyl (C=O) groups excluding carboxylic acids is 1. The minimum atomic E-state index is -0.0656. The lowest BCUT2D eigenvalue weighted by atomic mass is 9.98. The SMILES string of the molecule is CCOc1cccc(CNC(=O)C2CCc3nc(-c4ccccc4)nc(OC)c3CC2)c1. The number of fused-ring (bicyclic) bond motifs is 1. The summed E-state index contributed by atoms with van der Waals surface area (Å²) >= 11 is 0. The van der Waals surface area contributed by atoms with E-state index in [4.69, 9.17) is 14.5 Å². The lowest BCUT2D eigenvalue weighted by molar-refractivity contribution is -0.125. The molecule has 1 aliphatic carbocycles. The molecule has 1 atom stereocenters. The summed E-state index contributed by atoms with van der Waals surface area (Å²) < 4.78 is 11.1. The molecule has 3 aromatic rings. The first-order valence-corrected chi connectivity index (χ1v) is 11.2. The van der Waals surface area contributed by atoms with E-state index in [-0.39, 0.29) is 11.8 Å². The molecule has 1 amide bonds. The zero-order valence-electron chi connectivity index (χ0n) is 18.6. The van der Waals surface area contributed by atoms with Gasteiger partial charge < -0.3 is 14.8 Å². The van der Waals surface area contributed by atoms with E-state index < -0.39 is 0 Å². The first kappa shape index (κ1) is 21.8. The Balaban J connectivity index is 1.44. The van der Waals surface area contributed by atoms with Gasteiger partial charge in [0.15, 0.2) is 5.82 Å². The summed E-state index contributed by atoms with van der Waals surface area (Å²) in [5.41, 5.74) is 3.99. The van der Waals surface area contributed by atoms with Crippen LogP contribution in [0.15, 0.2) is 54.6 Å². The molecule has 1 aromatic heterocycles. The molecule has 1 N–H and O–H groups in total. The highest BCUT2D eigenvalue weighted by molar-refractivity contribution is 5.78. The molecule has 0 spiro atoms. The quantitative estimate of drug-likeness (QED) is 0.563. The van der Waals surface area contributed by atoms with Gasteiger partial charge in [0.2, 0.25) is 11.8 Å². The number of benzene rings is 2. The lowest BCUT2D eigenvalue weighted by Gasteiger charge is -2.14. The second-order valence-corrected chi connectivity index (χ2v) is 7.92. The molecule has 0 saturated carbocycles. The highest BCUT2D eigenvalue weighted by Gasteiger charge is 2.26. The van der Waals surface area contributed by atoms with Crippen LogP contribution in [0.4, 0.5) is 0 Å². The number of amides is 1. The molecule has 6 heteroatoms. The lowest BCUT2D eigenvalue weighted by Crippen LogP contribution is -2.30. The first-order chi connectivity index (χ1) is 15.7. The standard InChI is InChI=1S/C26H29N3O3/c1-3-32-21-11-7-8-18(16-21)17-27-25(30)20-12-14-22-23(15-13-20)28-24(29-26(22)31-2)19-9-5-4-6-10-19/h4-11,16,20H,3,12-15,17H2,1-2H3,(H,27,30). The molecule has 4 rings (SSSR count). The van der Waals surface area contributed by atoms with Crippen LogP contribution in [0.5, 0.6) is 11.6 Å². The van der Waals surface area contributed by atoms with Crippen molar-refractivity contribution in [2.24, 2.45) is 5.92 Å². The fourth-order valence-electron chi connectivity index (χ4n) is 4.13. The van der Waals surface area contributed by atoms with Crippen LogP contribution in [0.2, 0.25) is 0 Å². The van der Waals surface area contributed by atoms with Crippen molar-refractivity contribution >= 4 is 5.91 Å². The smallest absolute Gasteiger partial charge is 0.223 e. The maximum absolute atomic E-state index is 12.9. The summed E-state index contributed by atoms with van der Waals surface area (Å²) in [4.78, 5) is 22.4. The number of methoxy groups -OCH3 is 1. The number of hydrogen-bond donors (Lipinski definition) is 1. The van der Waals surface area contributed by atoms with Gasteiger partial charge in [0, 0.05) is 23.6 Å². The van der Waals surface area contributed by atoms with Crippen LogP contribution in [0.1, 0.15) is 36.6 Å². The molecule has 32 heavy (non-hydrogen) atoms. The number of nitrogens with zero attached hydrogens (tertiary/aromatic N) is 2. The van der Waals surface area contributed by atoms with Crippen molar-refractivity contribution in [2.75, 3.05) is 13.7 Å². The van der Waals surface area contributed by atoms with Crippen molar-refractivity contribution in [2.45, 2.75) is 39.2 Å². The van der Waals surface area contributed by atoms with Crippen LogP contribution in [-0.2, 0) is 24.2 Å². The number of nitrogens with one attached hydrogen (secondary N) is 1. The Morgan fingerprint density at radius 1 is 1.06 bits per heavy atom. The van der Waals surface area contributed by atoms with Gasteiger partial charge in [0.25, 0.3) is 0 Å². The number of aromatic nitrogens is 2. The van der Waals surface area contributed by atoms with E-state index in [2.05, 4.69) is 10.3 Å². The fraction of sp³-hybridized carbons (Fsp3) is 0.346. The summed E-state index contributed by atoms with van der Waals surface area (Å²) in [5.74, 6) is 2.11. The van der Waals surface area contributed by atoms with Gasteiger partial charge in [-0.2, -0.15) is 4.98 Å². The molecule has 1 heterocycles. The second-order valence-electron chi connectivity index (χ2n) is 7.92. The van der Waals surface area contributed by atoms with Gasteiger partial charge in [-0.3, -0.25) is 4.79 Å². The molecular formula is C26H29N3O3. The van der Waals surface area contributed by atoms with Gasteiger partial charge in [-0.05, 0) is 50.3 Å². The molecule has 1 unspecified atom stereocenters. The first-order valence-electron chi connectivity index (χ1n) is 11.2. The minimum absolute atomic E-state index is 0.0656. The van der Waals surface area contributed by atoms with Gasteiger partial charge in [-0.1, -0.05) is 42.5 Å². The van der Waals surface area contributed by atoms with Crippen molar-refractivity contribution < 1.29 is 14.3 Å². The Morgan fingerprint density at radius 3 is 2.66 bits per heavy atom. The summed E-state index contributed by atoms with van der Waals surface area (Å²) in [5, 5.41) is 3.10. The average molecular weight is 432 g/mol. The molecule has 1 aliphatic rings. The highest BCUT2D eigenvalue weighted by atomic mass is 16.5. The topological polar surface area (TPSA) is 73.3 Å². The summed E-state index contributed by atoms with van der Waals surface area (Å²) in [6, 6.07) is 17.8. The van der Waals surface area contributed by atoms with Crippen molar-refractivity contribution in [3.8, 4) is 23.0 Å². The van der Waals surface area contributed by atoms with Gasteiger partial charge in [-0.15, -0.1) is 0 Å². The number of ether oxygens (including phenoxy) is 2. The summed E-state index contributed by atoms with van der Waals surface area (Å²) in [6.07, 6.45) is 2.96. The molecule has 2 aromatic carbocycles. The van der Waals surface area contributed by atoms with Crippen molar-refractivity contribution in [1.29, 1.82) is 0 Å². The number of rotatable bonds is 7. The van der Waals surface area contributed by atoms with Crippen molar-refractivity contribution in [1.82, 2.24) is 15.3 Å². The normalized spacial score (nSPS) is 15.4. The van der Waals surface area contributed by atoms with E-state index in [0.717, 1.165) is 53.8 Å². The van der Waals surface area contributed by atoms with Gasteiger partial charge in [0.1, 0.15) is 5.75 Å². The summed E-state index contributed by atoms with van der Waals surface area (Å²) in [6.45, 7) is 3.07. The van der Waals surface area contributed by atoms with Gasteiger partial charge in [0.05, 0.1) is 19.4 Å². The highest BCUT2D eigenvalue weighted by Crippen LogP contribution is 2.31. The Bertz CT molecular complexity index is 1070. The fourth-order valence-corrected chi connectivity index (χ4v) is 4.13. The third-order valence-electron chi connectivity index (χ3n) is 5.80. The number of carbonyl (C=O) groups is 1. The monoisotopic (exact) mass is 431 g/mol. The molecule has 6 nitrogen and oxygen atoms in total. The molecular weight excluding hydrogens is 402 g/mol. The van der Waals surface area contributed by atoms with Crippen molar-refractivity contribution in [3.63, 3.8) is 0 Å². The molecule has 0 aliphatic heterocycles. The minimum Gasteiger partial charge on any atom is -0.494 e. The second kappa shape index (κ2) is 10.3. The van der Waals surface area contributed by atoms with E-state index in [9.17, 15) is 4.79 Å².